The topological polar surface area (TPSA) is 36.7 Å². The van der Waals surface area contributed by atoms with Gasteiger partial charge in [0.15, 0.2) is 0 Å². The quantitative estimate of drug-likeness (QED) is 0.447. The summed E-state index contributed by atoms with van der Waals surface area (Å²) in [6.07, 6.45) is 12.2. The van der Waals surface area contributed by atoms with E-state index >= 15 is 0 Å². The molecule has 2 heteroatoms. The molecule has 0 fully saturated rings. The summed E-state index contributed by atoms with van der Waals surface area (Å²) in [4.78, 5) is 4.54. The van der Waals surface area contributed by atoms with Gasteiger partial charge >= 0.3 is 0 Å². The van der Waals surface area contributed by atoms with Crippen LogP contribution < -0.4 is 0 Å². The van der Waals surface area contributed by atoms with Crippen molar-refractivity contribution in [3.8, 4) is 0 Å². The monoisotopic (exact) mass is 350 g/mol. The molecule has 0 aliphatic carbocycles. The van der Waals surface area contributed by atoms with Crippen LogP contribution in [-0.4, -0.2) is 10.7 Å². The Hall–Kier alpha value is -1.96. The van der Waals surface area contributed by atoms with Crippen LogP contribution in [0.5, 0.6) is 0 Å². The Balaban J connectivity index is 2.42. The predicted octanol–water partition coefficient (Wildman–Crippen LogP) is 7.33. The summed E-state index contributed by atoms with van der Waals surface area (Å²) in [6, 6.07) is 10.2. The lowest BCUT2D eigenvalue weighted by Gasteiger charge is -2.36. The summed E-state index contributed by atoms with van der Waals surface area (Å²) < 4.78 is 0. The lowest BCUT2D eigenvalue weighted by atomic mass is 9.69. The van der Waals surface area contributed by atoms with Crippen molar-refractivity contribution in [3.05, 3.63) is 53.7 Å². The maximum absolute atomic E-state index is 8.72. The number of fused-ring (bicyclic) bond motifs is 1. The van der Waals surface area contributed by atoms with Gasteiger partial charge in [-0.15, -0.1) is 0 Å². The highest BCUT2D eigenvalue weighted by Crippen LogP contribution is 2.43. The van der Waals surface area contributed by atoms with Gasteiger partial charge in [-0.25, -0.2) is 0 Å². The number of aromatic nitrogens is 1. The van der Waals surface area contributed by atoms with Crippen LogP contribution in [0.4, 0.5) is 0 Å². The molecule has 2 nitrogen and oxygen atoms in total. The van der Waals surface area contributed by atoms with Crippen molar-refractivity contribution in [1.29, 1.82) is 5.41 Å². The molecule has 1 aromatic carbocycles. The lowest BCUT2D eigenvalue weighted by molar-refractivity contribution is 0.273. The van der Waals surface area contributed by atoms with Crippen LogP contribution in [0, 0.1) is 10.8 Å². The number of hydrogen-bond acceptors (Lipinski definition) is 2. The Labute approximate surface area is 159 Å². The molecule has 0 bridgehead atoms. The van der Waals surface area contributed by atoms with Crippen molar-refractivity contribution in [2.75, 3.05) is 0 Å². The number of para-hydroxylation sites is 1. The van der Waals surface area contributed by atoms with Crippen molar-refractivity contribution in [2.45, 2.75) is 72.6 Å². The van der Waals surface area contributed by atoms with E-state index in [0.29, 0.717) is 5.71 Å². The van der Waals surface area contributed by atoms with Crippen LogP contribution in [0.1, 0.15) is 78.2 Å². The van der Waals surface area contributed by atoms with Crippen LogP contribution in [0.2, 0.25) is 0 Å². The summed E-state index contributed by atoms with van der Waals surface area (Å²) >= 11 is 0. The SMILES string of the molecule is CCC/C(=C\C(=N)c1cnc2ccccc2c1)C(CC)(CCC)CCC. The van der Waals surface area contributed by atoms with Crippen molar-refractivity contribution in [2.24, 2.45) is 5.41 Å². The van der Waals surface area contributed by atoms with E-state index < -0.39 is 0 Å². The van der Waals surface area contributed by atoms with E-state index in [9.17, 15) is 0 Å². The van der Waals surface area contributed by atoms with Crippen LogP contribution in [-0.2, 0) is 0 Å². The number of benzene rings is 1. The third kappa shape index (κ3) is 4.60. The average molecular weight is 351 g/mol. The molecular weight excluding hydrogens is 316 g/mol. The molecule has 140 valence electrons. The molecule has 0 atom stereocenters. The molecule has 0 spiro atoms. The molecule has 26 heavy (non-hydrogen) atoms. The molecule has 1 aromatic heterocycles. The van der Waals surface area contributed by atoms with Crippen LogP contribution >= 0.6 is 0 Å². The highest BCUT2D eigenvalue weighted by molar-refractivity contribution is 6.08. The van der Waals surface area contributed by atoms with E-state index in [-0.39, 0.29) is 5.41 Å². The predicted molar refractivity (Wildman–Crippen MR) is 114 cm³/mol. The molecule has 0 saturated carbocycles. The molecule has 0 radical (unpaired) electrons. The van der Waals surface area contributed by atoms with Crippen LogP contribution in [0.15, 0.2) is 48.2 Å². The molecule has 2 aromatic rings. The smallest absolute Gasteiger partial charge is 0.0702 e. The van der Waals surface area contributed by atoms with E-state index in [0.717, 1.165) is 35.7 Å². The van der Waals surface area contributed by atoms with E-state index in [4.69, 9.17) is 5.41 Å². The number of rotatable bonds is 10. The molecule has 0 unspecified atom stereocenters. The molecular formula is C24H34N2. The maximum Gasteiger partial charge on any atom is 0.0702 e. The summed E-state index contributed by atoms with van der Waals surface area (Å²) in [5.74, 6) is 0. The third-order valence-electron chi connectivity index (χ3n) is 5.55. The number of pyridine rings is 1. The first-order valence-electron chi connectivity index (χ1n) is 10.2. The van der Waals surface area contributed by atoms with Crippen LogP contribution in [0.25, 0.3) is 10.9 Å². The average Bonchev–Trinajstić information content (AvgIpc) is 2.67. The first-order chi connectivity index (χ1) is 12.6. The normalized spacial score (nSPS) is 12.5. The minimum absolute atomic E-state index is 0.246. The number of nitrogens with one attached hydrogen (secondary N) is 1. The fourth-order valence-electron chi connectivity index (χ4n) is 4.22. The van der Waals surface area contributed by atoms with Gasteiger partial charge < -0.3 is 5.41 Å². The van der Waals surface area contributed by atoms with Gasteiger partial charge in [0.25, 0.3) is 0 Å². The first-order valence-corrected chi connectivity index (χ1v) is 10.2. The van der Waals surface area contributed by atoms with Gasteiger partial charge in [0.05, 0.1) is 11.2 Å². The zero-order valence-electron chi connectivity index (χ0n) is 16.9. The largest absolute Gasteiger partial charge is 0.300 e. The Bertz CT molecular complexity index is 752. The fourth-order valence-corrected chi connectivity index (χ4v) is 4.22. The Morgan fingerprint density at radius 3 is 2.35 bits per heavy atom. The number of allylic oxidation sites excluding steroid dienone is 2. The number of nitrogens with zero attached hydrogens (tertiary/aromatic N) is 1. The maximum atomic E-state index is 8.72. The Kier molecular flexibility index (Phi) is 7.56. The molecule has 1 heterocycles. The second-order valence-corrected chi connectivity index (χ2v) is 7.38. The first kappa shape index (κ1) is 20.4. The van der Waals surface area contributed by atoms with E-state index in [1.54, 1.807) is 0 Å². The van der Waals surface area contributed by atoms with Gasteiger partial charge in [-0.05, 0) is 49.3 Å². The van der Waals surface area contributed by atoms with Crippen LogP contribution in [0.3, 0.4) is 0 Å². The second-order valence-electron chi connectivity index (χ2n) is 7.38. The van der Waals surface area contributed by atoms with E-state index in [2.05, 4.69) is 50.9 Å². The van der Waals surface area contributed by atoms with Gasteiger partial charge in [-0.2, -0.15) is 0 Å². The van der Waals surface area contributed by atoms with Gasteiger partial charge in [-0.1, -0.05) is 70.7 Å². The number of hydrogen-bond donors (Lipinski definition) is 1. The molecule has 0 aliphatic rings. The Morgan fingerprint density at radius 1 is 1.04 bits per heavy atom. The third-order valence-corrected chi connectivity index (χ3v) is 5.55. The molecule has 2 rings (SSSR count). The van der Waals surface area contributed by atoms with E-state index in [1.807, 2.05) is 24.4 Å². The Morgan fingerprint density at radius 2 is 1.73 bits per heavy atom. The van der Waals surface area contributed by atoms with Gasteiger partial charge in [0.1, 0.15) is 0 Å². The van der Waals surface area contributed by atoms with E-state index in [1.165, 1.54) is 31.3 Å². The lowest BCUT2D eigenvalue weighted by Crippen LogP contribution is -2.23. The standard InChI is InChI=1S/C24H34N2/c1-5-11-21(24(8-4,14-6-2)15-7-3)17-22(25)20-16-19-12-9-10-13-23(19)26-18-20/h9-10,12-13,16-18,25H,5-8,11,14-15H2,1-4H3/b21-17+,25-22?. The molecule has 1 N–H and O–H groups in total. The second kappa shape index (κ2) is 9.66. The highest BCUT2D eigenvalue weighted by atomic mass is 14.7. The zero-order valence-corrected chi connectivity index (χ0v) is 16.9. The van der Waals surface area contributed by atoms with Gasteiger partial charge in [0, 0.05) is 17.1 Å². The molecule has 0 amide bonds. The van der Waals surface area contributed by atoms with Gasteiger partial charge in [0.2, 0.25) is 0 Å². The van der Waals surface area contributed by atoms with Crippen molar-refractivity contribution in [1.82, 2.24) is 4.98 Å². The fraction of sp³-hybridized carbons (Fsp3) is 0.500. The van der Waals surface area contributed by atoms with Gasteiger partial charge in [-0.3, -0.25) is 4.98 Å². The minimum Gasteiger partial charge on any atom is -0.300 e. The highest BCUT2D eigenvalue weighted by Gasteiger charge is 2.30. The summed E-state index contributed by atoms with van der Waals surface area (Å²) in [7, 11) is 0. The summed E-state index contributed by atoms with van der Waals surface area (Å²) in [5.41, 5.74) is 4.20. The zero-order chi connectivity index (χ0) is 19.0. The minimum atomic E-state index is 0.246. The molecule has 0 aliphatic heterocycles. The van der Waals surface area contributed by atoms with Crippen molar-refractivity contribution in [3.63, 3.8) is 0 Å². The van der Waals surface area contributed by atoms with Crippen molar-refractivity contribution >= 4 is 16.6 Å². The summed E-state index contributed by atoms with van der Waals surface area (Å²) in [6.45, 7) is 9.12. The van der Waals surface area contributed by atoms with Crippen molar-refractivity contribution < 1.29 is 0 Å². The molecule has 0 saturated heterocycles. The summed E-state index contributed by atoms with van der Waals surface area (Å²) in [5, 5.41) is 9.82.